The molecular formula is C14H19Cl2NO2SSi. The number of nitrogens with zero attached hydrogens (tertiary/aromatic N) is 1. The summed E-state index contributed by atoms with van der Waals surface area (Å²) in [5.74, 6) is 0. The van der Waals surface area contributed by atoms with Gasteiger partial charge in [0.15, 0.2) is 0 Å². The Morgan fingerprint density at radius 1 is 1.29 bits per heavy atom. The predicted octanol–water partition coefficient (Wildman–Crippen LogP) is 4.29. The summed E-state index contributed by atoms with van der Waals surface area (Å²) in [6.45, 7) is 8.15. The fourth-order valence-electron chi connectivity index (χ4n) is 1.35. The molecule has 0 bridgehead atoms. The van der Waals surface area contributed by atoms with Crippen molar-refractivity contribution in [2.45, 2.75) is 31.5 Å². The monoisotopic (exact) mass is 363 g/mol. The lowest BCUT2D eigenvalue weighted by Gasteiger charge is -2.13. The molecule has 0 radical (unpaired) electrons. The predicted molar refractivity (Wildman–Crippen MR) is 91.7 cm³/mol. The number of sulfonamides is 1. The molecule has 0 fully saturated rings. The van der Waals surface area contributed by atoms with Crippen LogP contribution < -0.4 is 0 Å². The van der Waals surface area contributed by atoms with E-state index >= 15 is 0 Å². The Balaban J connectivity index is 2.91. The second-order valence-electron chi connectivity index (χ2n) is 5.70. The fourth-order valence-corrected chi connectivity index (χ4v) is 3.25. The molecule has 1 aromatic rings. The molecule has 0 N–H and O–H groups in total. The van der Waals surface area contributed by atoms with E-state index in [1.165, 1.54) is 12.1 Å². The van der Waals surface area contributed by atoms with Crippen LogP contribution in [0.15, 0.2) is 45.6 Å². The summed E-state index contributed by atoms with van der Waals surface area (Å²) in [7, 11) is -5.32. The average Bonchev–Trinajstić information content (AvgIpc) is 2.37. The Kier molecular flexibility index (Phi) is 6.29. The van der Waals surface area contributed by atoms with Gasteiger partial charge in [0.05, 0.1) is 11.4 Å². The Labute approximate surface area is 138 Å². The van der Waals surface area contributed by atoms with E-state index in [1.54, 1.807) is 18.2 Å². The molecule has 21 heavy (non-hydrogen) atoms. The summed E-state index contributed by atoms with van der Waals surface area (Å²) in [6, 6.07) is 6.54. The van der Waals surface area contributed by atoms with Gasteiger partial charge in [-0.05, 0) is 36.9 Å². The van der Waals surface area contributed by atoms with Crippen molar-refractivity contribution in [2.24, 2.45) is 0 Å². The minimum Gasteiger partial charge on any atom is -0.206 e. The molecule has 0 aliphatic carbocycles. The summed E-state index contributed by atoms with van der Waals surface area (Å²) in [5, 5.41) is 0. The molecule has 0 saturated carbocycles. The smallest absolute Gasteiger partial charge is 0.206 e. The summed E-state index contributed by atoms with van der Waals surface area (Å²) in [5.41, 5.74) is 3.90. The standard InChI is InChI=1S/C14H19Cl2NO2SSi/c1-12-7-9-13(10-8-12)20(18,19)17(16)11-5-6-14(15)21(2,3)4/h5,7-10H,11H2,1-4H3. The van der Waals surface area contributed by atoms with Crippen molar-refractivity contribution in [1.82, 2.24) is 3.82 Å². The highest BCUT2D eigenvalue weighted by Gasteiger charge is 2.22. The Morgan fingerprint density at radius 3 is 2.29 bits per heavy atom. The van der Waals surface area contributed by atoms with Crippen LogP contribution in [0.3, 0.4) is 0 Å². The molecule has 116 valence electrons. The summed E-state index contributed by atoms with van der Waals surface area (Å²) in [4.78, 5) is 0.164. The third-order valence-electron chi connectivity index (χ3n) is 2.70. The number of aryl methyl sites for hydroxylation is 1. The molecule has 0 aliphatic rings. The first kappa shape index (κ1) is 18.5. The first-order valence-electron chi connectivity index (χ1n) is 6.41. The largest absolute Gasteiger partial charge is 0.256 e. The Hall–Kier alpha value is -0.553. The van der Waals surface area contributed by atoms with E-state index in [2.05, 4.69) is 25.4 Å². The fraction of sp³-hybridized carbons (Fsp3) is 0.357. The van der Waals surface area contributed by atoms with Crippen LogP contribution >= 0.6 is 23.4 Å². The third-order valence-corrected chi connectivity index (χ3v) is 8.19. The van der Waals surface area contributed by atoms with Gasteiger partial charge in [-0.1, -0.05) is 48.9 Å². The molecule has 3 nitrogen and oxygen atoms in total. The first-order valence-corrected chi connectivity index (χ1v) is 12.1. The molecule has 0 amide bonds. The first-order chi connectivity index (χ1) is 9.55. The van der Waals surface area contributed by atoms with Crippen molar-refractivity contribution in [3.05, 3.63) is 46.3 Å². The van der Waals surface area contributed by atoms with Crippen molar-refractivity contribution >= 4 is 41.5 Å². The normalized spacial score (nSPS) is 12.1. The zero-order valence-corrected chi connectivity index (χ0v) is 15.9. The van der Waals surface area contributed by atoms with Crippen LogP contribution in [-0.2, 0) is 10.0 Å². The second kappa shape index (κ2) is 7.14. The number of benzene rings is 1. The highest BCUT2D eigenvalue weighted by molar-refractivity contribution is 7.90. The molecule has 0 heterocycles. The summed E-state index contributed by atoms with van der Waals surface area (Å²) in [6.07, 6.45) is 1.54. The van der Waals surface area contributed by atoms with Gasteiger partial charge in [0.2, 0.25) is 0 Å². The van der Waals surface area contributed by atoms with E-state index in [4.69, 9.17) is 23.4 Å². The molecule has 0 aliphatic heterocycles. The molecule has 1 aromatic carbocycles. The van der Waals surface area contributed by atoms with Crippen molar-refractivity contribution < 1.29 is 8.42 Å². The maximum absolute atomic E-state index is 12.2. The van der Waals surface area contributed by atoms with Crippen LogP contribution in [-0.4, -0.2) is 26.9 Å². The molecule has 7 heteroatoms. The number of halogens is 2. The van der Waals surface area contributed by atoms with Gasteiger partial charge < -0.3 is 0 Å². The van der Waals surface area contributed by atoms with Gasteiger partial charge in [-0.3, -0.25) is 0 Å². The topological polar surface area (TPSA) is 37.4 Å². The van der Waals surface area contributed by atoms with E-state index in [0.29, 0.717) is 4.66 Å². The zero-order chi connectivity index (χ0) is 16.3. The van der Waals surface area contributed by atoms with Gasteiger partial charge >= 0.3 is 0 Å². The van der Waals surface area contributed by atoms with Crippen LogP contribution in [0, 0.1) is 6.92 Å². The summed E-state index contributed by atoms with van der Waals surface area (Å²) < 4.78 is 25.9. The molecule has 0 atom stereocenters. The van der Waals surface area contributed by atoms with Gasteiger partial charge in [0.25, 0.3) is 10.0 Å². The number of rotatable bonds is 5. The van der Waals surface area contributed by atoms with Crippen molar-refractivity contribution in [3.8, 4) is 0 Å². The molecule has 0 unspecified atom stereocenters. The quantitative estimate of drug-likeness (QED) is 0.444. The van der Waals surface area contributed by atoms with Gasteiger partial charge in [0.1, 0.15) is 8.07 Å². The lowest BCUT2D eigenvalue weighted by molar-refractivity contribution is 0.551. The van der Waals surface area contributed by atoms with E-state index in [0.717, 1.165) is 9.39 Å². The van der Waals surface area contributed by atoms with Crippen molar-refractivity contribution in [1.29, 1.82) is 0 Å². The maximum Gasteiger partial charge on any atom is 0.256 e. The Morgan fingerprint density at radius 2 is 1.81 bits per heavy atom. The molecule has 0 saturated heterocycles. The highest BCUT2D eigenvalue weighted by Crippen LogP contribution is 2.19. The van der Waals surface area contributed by atoms with Crippen LogP contribution in [0.4, 0.5) is 0 Å². The molecule has 0 spiro atoms. The van der Waals surface area contributed by atoms with E-state index in [1.807, 2.05) is 6.92 Å². The van der Waals surface area contributed by atoms with Gasteiger partial charge in [-0.2, -0.15) is 0 Å². The molecule has 1 rings (SSSR count). The molecular weight excluding hydrogens is 345 g/mol. The lowest BCUT2D eigenvalue weighted by atomic mass is 10.2. The van der Waals surface area contributed by atoms with E-state index in [-0.39, 0.29) is 11.4 Å². The minimum absolute atomic E-state index is 0.0124. The third kappa shape index (κ3) is 5.29. The van der Waals surface area contributed by atoms with Gasteiger partial charge in [0, 0.05) is 4.66 Å². The SMILES string of the molecule is Cc1ccc(S(=O)(=O)N(Cl)CC=C=C(Cl)[Si](C)(C)C)cc1. The Bertz CT molecular complexity index is 657. The van der Waals surface area contributed by atoms with E-state index < -0.39 is 18.1 Å². The minimum atomic E-state index is -3.70. The second-order valence-corrected chi connectivity index (χ2v) is 13.9. The van der Waals surface area contributed by atoms with Crippen LogP contribution in [0.1, 0.15) is 5.56 Å². The van der Waals surface area contributed by atoms with Crippen LogP contribution in [0.25, 0.3) is 0 Å². The number of hydrogen-bond donors (Lipinski definition) is 0. The maximum atomic E-state index is 12.2. The van der Waals surface area contributed by atoms with Crippen molar-refractivity contribution in [2.75, 3.05) is 6.54 Å². The van der Waals surface area contributed by atoms with E-state index in [9.17, 15) is 8.42 Å². The summed E-state index contributed by atoms with van der Waals surface area (Å²) >= 11 is 12.0. The average molecular weight is 364 g/mol. The van der Waals surface area contributed by atoms with Gasteiger partial charge in [-0.25, -0.2) is 8.42 Å². The highest BCUT2D eigenvalue weighted by atomic mass is 35.5. The van der Waals surface area contributed by atoms with Gasteiger partial charge in [-0.15, -0.1) is 9.56 Å². The molecule has 0 aromatic heterocycles. The number of hydrogen-bond acceptors (Lipinski definition) is 2. The van der Waals surface area contributed by atoms with Crippen molar-refractivity contribution in [3.63, 3.8) is 0 Å². The van der Waals surface area contributed by atoms with Crippen LogP contribution in [0.2, 0.25) is 19.6 Å². The van der Waals surface area contributed by atoms with Crippen LogP contribution in [0.5, 0.6) is 0 Å². The zero-order valence-electron chi connectivity index (χ0n) is 12.5. The lowest BCUT2D eigenvalue weighted by Crippen LogP contribution is -2.22.